The van der Waals surface area contributed by atoms with E-state index in [4.69, 9.17) is 32.7 Å². The van der Waals surface area contributed by atoms with Crippen LogP contribution in [0.4, 0.5) is 0 Å². The molecule has 1 atom stereocenters. The van der Waals surface area contributed by atoms with Gasteiger partial charge in [0.15, 0.2) is 4.80 Å². The summed E-state index contributed by atoms with van der Waals surface area (Å²) in [5.41, 5.74) is 3.93. The van der Waals surface area contributed by atoms with Gasteiger partial charge in [-0.2, -0.15) is 0 Å². The molecular weight excluding hydrogens is 647 g/mol. The van der Waals surface area contributed by atoms with Gasteiger partial charge in [-0.05, 0) is 78.2 Å². The Hall–Kier alpha value is -3.17. The number of aryl methyl sites for hydroxylation is 1. The van der Waals surface area contributed by atoms with E-state index in [1.165, 1.54) is 11.3 Å². The number of ether oxygens (including phenoxy) is 2. The summed E-state index contributed by atoms with van der Waals surface area (Å²) >= 11 is 17.3. The zero-order valence-electron chi connectivity index (χ0n) is 22.4. The van der Waals surface area contributed by atoms with Gasteiger partial charge in [-0.15, -0.1) is 0 Å². The molecule has 0 radical (unpaired) electrons. The maximum atomic E-state index is 14.0. The van der Waals surface area contributed by atoms with Crippen molar-refractivity contribution in [2.24, 2.45) is 4.99 Å². The first kappa shape index (κ1) is 29.3. The molecule has 41 heavy (non-hydrogen) atoms. The molecule has 2 heterocycles. The van der Waals surface area contributed by atoms with Crippen LogP contribution in [0.2, 0.25) is 10.0 Å². The van der Waals surface area contributed by atoms with Crippen LogP contribution in [0.15, 0.2) is 86.2 Å². The van der Waals surface area contributed by atoms with Crippen LogP contribution in [-0.2, 0) is 16.1 Å². The minimum Gasteiger partial charge on any atom is -0.487 e. The van der Waals surface area contributed by atoms with Crippen LogP contribution < -0.4 is 19.6 Å². The molecule has 1 aliphatic rings. The molecule has 3 aromatic carbocycles. The first-order valence-electron chi connectivity index (χ1n) is 12.8. The average molecular weight is 672 g/mol. The molecule has 5 rings (SSSR count). The monoisotopic (exact) mass is 670 g/mol. The van der Waals surface area contributed by atoms with Gasteiger partial charge in [-0.3, -0.25) is 9.36 Å². The molecule has 0 spiro atoms. The number of carbonyl (C=O) groups excluding carboxylic acids is 1. The van der Waals surface area contributed by atoms with Crippen molar-refractivity contribution in [3.05, 3.63) is 128 Å². The zero-order valence-corrected chi connectivity index (χ0v) is 26.3. The Morgan fingerprint density at radius 1 is 1.10 bits per heavy atom. The zero-order chi connectivity index (χ0) is 29.3. The summed E-state index contributed by atoms with van der Waals surface area (Å²) in [7, 11) is 0. The topological polar surface area (TPSA) is 69.9 Å². The van der Waals surface area contributed by atoms with Gasteiger partial charge in [0.25, 0.3) is 5.56 Å². The Labute approximate surface area is 259 Å². The van der Waals surface area contributed by atoms with Gasteiger partial charge in [-0.25, -0.2) is 9.79 Å². The fourth-order valence-electron chi connectivity index (χ4n) is 4.62. The molecular formula is C31H25BrCl2N2O4S. The Bertz CT molecular complexity index is 1860. The number of rotatable bonds is 7. The van der Waals surface area contributed by atoms with E-state index >= 15 is 0 Å². The van der Waals surface area contributed by atoms with Crippen molar-refractivity contribution in [1.82, 2.24) is 4.57 Å². The molecule has 0 amide bonds. The number of carbonyl (C=O) groups is 1. The van der Waals surface area contributed by atoms with Crippen LogP contribution in [0, 0.1) is 6.92 Å². The summed E-state index contributed by atoms with van der Waals surface area (Å²) in [6, 6.07) is 18.0. The lowest BCUT2D eigenvalue weighted by Gasteiger charge is -2.24. The minimum atomic E-state index is -0.683. The quantitative estimate of drug-likeness (QED) is 0.204. The fraction of sp³-hybridized carbons (Fsp3) is 0.194. The van der Waals surface area contributed by atoms with E-state index in [0.717, 1.165) is 16.7 Å². The molecule has 0 bridgehead atoms. The van der Waals surface area contributed by atoms with Crippen molar-refractivity contribution in [2.75, 3.05) is 6.61 Å². The highest BCUT2D eigenvalue weighted by atomic mass is 79.9. The molecule has 0 aliphatic carbocycles. The Kier molecular flexibility index (Phi) is 8.85. The van der Waals surface area contributed by atoms with Gasteiger partial charge >= 0.3 is 5.97 Å². The number of halogens is 3. The van der Waals surface area contributed by atoms with Crippen LogP contribution in [0.5, 0.6) is 5.75 Å². The van der Waals surface area contributed by atoms with Crippen LogP contribution in [0.1, 0.15) is 42.1 Å². The summed E-state index contributed by atoms with van der Waals surface area (Å²) in [4.78, 5) is 32.2. The molecule has 0 saturated heterocycles. The van der Waals surface area contributed by atoms with Gasteiger partial charge in [0.1, 0.15) is 12.4 Å². The van der Waals surface area contributed by atoms with E-state index in [2.05, 4.69) is 20.9 Å². The molecule has 0 fully saturated rings. The first-order valence-corrected chi connectivity index (χ1v) is 15.1. The molecule has 1 aromatic heterocycles. The maximum Gasteiger partial charge on any atom is 0.338 e. The first-order chi connectivity index (χ1) is 19.7. The van der Waals surface area contributed by atoms with E-state index in [0.29, 0.717) is 46.4 Å². The molecule has 6 nitrogen and oxygen atoms in total. The molecule has 0 saturated carbocycles. The van der Waals surface area contributed by atoms with Crippen molar-refractivity contribution in [2.45, 2.75) is 33.4 Å². The van der Waals surface area contributed by atoms with E-state index in [-0.39, 0.29) is 18.8 Å². The molecule has 210 valence electrons. The SMILES string of the molecule is CCOC(=O)C1=C(C)N=c2s/c(=C\c3cc(Cl)cc(Br)c3OCc3cccc(Cl)c3)c(=O)n2[C@H]1c1ccc(C)cc1. The summed E-state index contributed by atoms with van der Waals surface area (Å²) in [5.74, 6) is 0.0303. The van der Waals surface area contributed by atoms with Gasteiger partial charge < -0.3 is 9.47 Å². The molecule has 1 aliphatic heterocycles. The second-order valence-electron chi connectivity index (χ2n) is 9.44. The highest BCUT2D eigenvalue weighted by molar-refractivity contribution is 9.10. The number of fused-ring (bicyclic) bond motifs is 1. The standard InChI is InChI=1S/C31H25BrCl2N2O4S/c1-4-39-30(38)26-18(3)35-31-36(27(26)20-10-8-17(2)9-11-20)29(37)25(41-31)14-21-13-23(34)15-24(32)28(21)40-16-19-6-5-7-22(33)12-19/h5-15,27H,4,16H2,1-3H3/b25-14-/t27-/m0/s1. The van der Waals surface area contributed by atoms with Gasteiger partial charge in [-0.1, -0.05) is 76.5 Å². The number of hydrogen-bond acceptors (Lipinski definition) is 6. The number of esters is 1. The van der Waals surface area contributed by atoms with E-state index < -0.39 is 12.0 Å². The highest BCUT2D eigenvalue weighted by Gasteiger charge is 2.33. The van der Waals surface area contributed by atoms with Crippen molar-refractivity contribution >= 4 is 62.5 Å². The lowest BCUT2D eigenvalue weighted by Crippen LogP contribution is -2.39. The van der Waals surface area contributed by atoms with E-state index in [1.807, 2.05) is 49.4 Å². The van der Waals surface area contributed by atoms with Gasteiger partial charge in [0.05, 0.1) is 32.9 Å². The number of allylic oxidation sites excluding steroid dienone is 1. The van der Waals surface area contributed by atoms with Gasteiger partial charge in [0, 0.05) is 15.6 Å². The lowest BCUT2D eigenvalue weighted by atomic mass is 9.95. The van der Waals surface area contributed by atoms with Crippen molar-refractivity contribution in [1.29, 1.82) is 0 Å². The second kappa shape index (κ2) is 12.4. The molecule has 0 N–H and O–H groups in total. The van der Waals surface area contributed by atoms with E-state index in [1.54, 1.807) is 42.7 Å². The highest BCUT2D eigenvalue weighted by Crippen LogP contribution is 2.34. The molecule has 4 aromatic rings. The predicted molar refractivity (Wildman–Crippen MR) is 167 cm³/mol. The number of thiazole rings is 1. The Morgan fingerprint density at radius 2 is 1.85 bits per heavy atom. The van der Waals surface area contributed by atoms with E-state index in [9.17, 15) is 9.59 Å². The van der Waals surface area contributed by atoms with Crippen LogP contribution in [0.3, 0.4) is 0 Å². The maximum absolute atomic E-state index is 14.0. The summed E-state index contributed by atoms with van der Waals surface area (Å²) in [6.07, 6.45) is 1.74. The lowest BCUT2D eigenvalue weighted by molar-refractivity contribution is -0.139. The van der Waals surface area contributed by atoms with Crippen LogP contribution in [-0.4, -0.2) is 17.1 Å². The van der Waals surface area contributed by atoms with Gasteiger partial charge in [0.2, 0.25) is 0 Å². The fourth-order valence-corrected chi connectivity index (χ4v) is 6.82. The average Bonchev–Trinajstić information content (AvgIpc) is 3.22. The number of aromatic nitrogens is 1. The van der Waals surface area contributed by atoms with Crippen LogP contribution >= 0.6 is 50.5 Å². The largest absolute Gasteiger partial charge is 0.487 e. The van der Waals surface area contributed by atoms with Crippen molar-refractivity contribution in [3.63, 3.8) is 0 Å². The number of nitrogens with zero attached hydrogens (tertiary/aromatic N) is 2. The molecule has 0 unspecified atom stereocenters. The third-order valence-corrected chi connectivity index (χ3v) is 8.53. The Morgan fingerprint density at radius 3 is 2.56 bits per heavy atom. The number of hydrogen-bond donors (Lipinski definition) is 0. The smallest absolute Gasteiger partial charge is 0.338 e. The van der Waals surface area contributed by atoms with Crippen LogP contribution in [0.25, 0.3) is 6.08 Å². The summed E-state index contributed by atoms with van der Waals surface area (Å²) in [6.45, 7) is 5.97. The van der Waals surface area contributed by atoms with Crippen molar-refractivity contribution in [3.8, 4) is 5.75 Å². The summed E-state index contributed by atoms with van der Waals surface area (Å²) in [5, 5.41) is 1.09. The summed E-state index contributed by atoms with van der Waals surface area (Å²) < 4.78 is 14.2. The number of benzene rings is 3. The van der Waals surface area contributed by atoms with Crippen molar-refractivity contribution < 1.29 is 14.3 Å². The third-order valence-electron chi connectivity index (χ3n) is 6.51. The molecule has 10 heteroatoms. The normalized spacial score (nSPS) is 15.0. The predicted octanol–water partition coefficient (Wildman–Crippen LogP) is 6.76. The Balaban J connectivity index is 1.65. The minimum absolute atomic E-state index is 0.211. The second-order valence-corrected chi connectivity index (χ2v) is 12.2. The third kappa shape index (κ3) is 6.21.